The molecule has 0 unspecified atom stereocenters. The van der Waals surface area contributed by atoms with Crippen LogP contribution in [-0.2, 0) is 9.53 Å². The molecule has 0 aromatic rings. The molecule has 98 valence electrons. The summed E-state index contributed by atoms with van der Waals surface area (Å²) >= 11 is 0. The monoisotopic (exact) mass is 247 g/mol. The average Bonchev–Trinajstić information content (AvgIpc) is 2.30. The van der Waals surface area contributed by atoms with Crippen molar-refractivity contribution in [2.24, 2.45) is 16.5 Å². The lowest BCUT2D eigenvalue weighted by Gasteiger charge is -2.26. The predicted molar refractivity (Wildman–Crippen MR) is 60.7 cm³/mol. The van der Waals surface area contributed by atoms with Crippen molar-refractivity contribution < 1.29 is 19.7 Å². The number of carbonyl (C=O) groups is 1. The van der Waals surface area contributed by atoms with E-state index in [0.29, 0.717) is 26.3 Å². The highest BCUT2D eigenvalue weighted by Crippen LogP contribution is 1.97. The standard InChI is InChI=1S/C6H13N5O.C2H4O3/c7-5(8)10-6(9)11-1-3-12-4-2-11;3-1-2(4)5/h1-4H2,(H5,7,8,9,10);3H,1H2,(H,4,5). The summed E-state index contributed by atoms with van der Waals surface area (Å²) < 4.78 is 5.11. The van der Waals surface area contributed by atoms with Crippen LogP contribution in [0.2, 0.25) is 0 Å². The van der Waals surface area contributed by atoms with Gasteiger partial charge in [-0.05, 0) is 0 Å². The minimum Gasteiger partial charge on any atom is -0.480 e. The van der Waals surface area contributed by atoms with E-state index in [-0.39, 0.29) is 11.9 Å². The van der Waals surface area contributed by atoms with E-state index in [9.17, 15) is 0 Å². The molecular formula is C8H17N5O4. The summed E-state index contributed by atoms with van der Waals surface area (Å²) in [7, 11) is 0. The lowest BCUT2D eigenvalue weighted by molar-refractivity contribution is -0.140. The molecule has 1 aliphatic rings. The van der Waals surface area contributed by atoms with E-state index in [1.807, 2.05) is 0 Å². The molecule has 0 radical (unpaired) electrons. The lowest BCUT2D eigenvalue weighted by Crippen LogP contribution is -2.41. The largest absolute Gasteiger partial charge is 0.480 e. The van der Waals surface area contributed by atoms with Gasteiger partial charge >= 0.3 is 5.97 Å². The van der Waals surface area contributed by atoms with E-state index in [1.54, 1.807) is 4.90 Å². The molecule has 0 amide bonds. The molecule has 0 bridgehead atoms. The van der Waals surface area contributed by atoms with Crippen LogP contribution in [0, 0.1) is 5.41 Å². The quantitative estimate of drug-likeness (QED) is 0.255. The molecular weight excluding hydrogens is 230 g/mol. The molecule has 0 atom stereocenters. The van der Waals surface area contributed by atoms with Gasteiger partial charge in [-0.25, -0.2) is 4.79 Å². The van der Waals surface area contributed by atoms with E-state index in [0.717, 1.165) is 0 Å². The third kappa shape index (κ3) is 7.99. The Morgan fingerprint density at radius 2 is 1.88 bits per heavy atom. The van der Waals surface area contributed by atoms with Crippen molar-refractivity contribution in [1.82, 2.24) is 4.90 Å². The van der Waals surface area contributed by atoms with Crippen LogP contribution in [0.15, 0.2) is 4.99 Å². The van der Waals surface area contributed by atoms with Crippen molar-refractivity contribution in [3.05, 3.63) is 0 Å². The predicted octanol–water partition coefficient (Wildman–Crippen LogP) is -2.41. The van der Waals surface area contributed by atoms with E-state index in [2.05, 4.69) is 4.99 Å². The first-order valence-corrected chi connectivity index (χ1v) is 4.81. The topological polar surface area (TPSA) is 158 Å². The molecule has 1 saturated heterocycles. The Labute approximate surface area is 98.2 Å². The molecule has 0 aromatic carbocycles. The maximum atomic E-state index is 9.12. The van der Waals surface area contributed by atoms with E-state index in [4.69, 9.17) is 36.6 Å². The summed E-state index contributed by atoms with van der Waals surface area (Å²) in [6.45, 7) is 1.83. The van der Waals surface area contributed by atoms with E-state index < -0.39 is 12.6 Å². The fourth-order valence-electron chi connectivity index (χ4n) is 0.968. The highest BCUT2D eigenvalue weighted by molar-refractivity contribution is 5.91. The van der Waals surface area contributed by atoms with Crippen LogP contribution in [-0.4, -0.2) is 65.9 Å². The number of nitrogens with two attached hydrogens (primary N) is 2. The third-order valence-corrected chi connectivity index (χ3v) is 1.68. The summed E-state index contributed by atoms with van der Waals surface area (Å²) in [5.74, 6) is -1.16. The number of carboxylic acids is 1. The van der Waals surface area contributed by atoms with Crippen LogP contribution < -0.4 is 11.5 Å². The molecule has 0 spiro atoms. The number of guanidine groups is 2. The van der Waals surface area contributed by atoms with Gasteiger partial charge < -0.3 is 31.3 Å². The van der Waals surface area contributed by atoms with E-state index >= 15 is 0 Å². The summed E-state index contributed by atoms with van der Waals surface area (Å²) in [6.07, 6.45) is 0. The summed E-state index contributed by atoms with van der Waals surface area (Å²) in [5.41, 5.74) is 10.3. The Morgan fingerprint density at radius 1 is 1.41 bits per heavy atom. The first-order chi connectivity index (χ1) is 7.97. The highest BCUT2D eigenvalue weighted by atomic mass is 16.5. The number of aliphatic carboxylic acids is 1. The fourth-order valence-corrected chi connectivity index (χ4v) is 0.968. The average molecular weight is 247 g/mol. The minimum absolute atomic E-state index is 0.0773. The Kier molecular flexibility index (Phi) is 7.39. The van der Waals surface area contributed by atoms with Crippen molar-refractivity contribution in [1.29, 1.82) is 5.41 Å². The van der Waals surface area contributed by atoms with Gasteiger partial charge in [0.15, 0.2) is 5.96 Å². The Hall–Kier alpha value is -1.87. The van der Waals surface area contributed by atoms with Gasteiger partial charge in [0.2, 0.25) is 5.96 Å². The second-order valence-electron chi connectivity index (χ2n) is 3.01. The Morgan fingerprint density at radius 3 is 2.24 bits per heavy atom. The Balaban J connectivity index is 0.000000437. The molecule has 1 heterocycles. The van der Waals surface area contributed by atoms with Crippen molar-refractivity contribution >= 4 is 17.9 Å². The molecule has 0 aromatic heterocycles. The SMILES string of the molecule is N=C(N=C(N)N)N1CCOCC1.O=C(O)CO. The number of aliphatic hydroxyl groups is 1. The molecule has 1 fully saturated rings. The molecule has 1 rings (SSSR count). The number of carboxylic acid groups (broad SMARTS) is 1. The number of morpholine rings is 1. The van der Waals surface area contributed by atoms with Crippen molar-refractivity contribution in [2.45, 2.75) is 0 Å². The number of ether oxygens (including phenoxy) is 1. The van der Waals surface area contributed by atoms with Crippen molar-refractivity contribution in [3.63, 3.8) is 0 Å². The number of nitrogens with one attached hydrogen (secondary N) is 1. The van der Waals surface area contributed by atoms with Crippen molar-refractivity contribution in [2.75, 3.05) is 32.9 Å². The zero-order valence-electron chi connectivity index (χ0n) is 9.30. The second-order valence-corrected chi connectivity index (χ2v) is 3.01. The third-order valence-electron chi connectivity index (χ3n) is 1.68. The second kappa shape index (κ2) is 8.30. The molecule has 9 heteroatoms. The molecule has 17 heavy (non-hydrogen) atoms. The number of aliphatic imine (C=N–C) groups is 1. The van der Waals surface area contributed by atoms with Crippen LogP contribution >= 0.6 is 0 Å². The molecule has 0 saturated carbocycles. The van der Waals surface area contributed by atoms with Gasteiger partial charge in [-0.3, -0.25) is 5.41 Å². The number of aliphatic hydroxyl groups excluding tert-OH is 1. The Bertz CT molecular complexity index is 284. The number of hydrogen-bond acceptors (Lipinski definition) is 4. The first-order valence-electron chi connectivity index (χ1n) is 4.81. The lowest BCUT2D eigenvalue weighted by atomic mass is 10.4. The highest BCUT2D eigenvalue weighted by Gasteiger charge is 2.12. The summed E-state index contributed by atoms with van der Waals surface area (Å²) in [6, 6.07) is 0. The van der Waals surface area contributed by atoms with Crippen LogP contribution in [0.3, 0.4) is 0 Å². The number of hydrogen-bond donors (Lipinski definition) is 5. The van der Waals surface area contributed by atoms with Gasteiger partial charge in [-0.1, -0.05) is 0 Å². The smallest absolute Gasteiger partial charge is 0.329 e. The van der Waals surface area contributed by atoms with Crippen LogP contribution in [0.25, 0.3) is 0 Å². The van der Waals surface area contributed by atoms with Gasteiger partial charge in [0, 0.05) is 13.1 Å². The summed E-state index contributed by atoms with van der Waals surface area (Å²) in [5, 5.41) is 22.5. The van der Waals surface area contributed by atoms with Gasteiger partial charge in [-0.15, -0.1) is 0 Å². The maximum Gasteiger partial charge on any atom is 0.329 e. The van der Waals surface area contributed by atoms with E-state index in [1.165, 1.54) is 0 Å². The van der Waals surface area contributed by atoms with Crippen LogP contribution in [0.4, 0.5) is 0 Å². The maximum absolute atomic E-state index is 9.12. The number of rotatable bonds is 1. The molecule has 0 aliphatic carbocycles. The molecule has 1 aliphatic heterocycles. The van der Waals surface area contributed by atoms with Crippen LogP contribution in [0.5, 0.6) is 0 Å². The minimum atomic E-state index is -1.19. The normalized spacial score (nSPS) is 14.3. The van der Waals surface area contributed by atoms with Gasteiger partial charge in [-0.2, -0.15) is 4.99 Å². The zero-order valence-corrected chi connectivity index (χ0v) is 9.30. The summed E-state index contributed by atoms with van der Waals surface area (Å²) in [4.78, 5) is 14.5. The van der Waals surface area contributed by atoms with Gasteiger partial charge in [0.1, 0.15) is 6.61 Å². The van der Waals surface area contributed by atoms with Crippen LogP contribution in [0.1, 0.15) is 0 Å². The zero-order chi connectivity index (χ0) is 13.3. The first kappa shape index (κ1) is 15.1. The van der Waals surface area contributed by atoms with Gasteiger partial charge in [0.05, 0.1) is 13.2 Å². The van der Waals surface area contributed by atoms with Gasteiger partial charge in [0.25, 0.3) is 0 Å². The number of nitrogens with zero attached hydrogens (tertiary/aromatic N) is 2. The van der Waals surface area contributed by atoms with Crippen molar-refractivity contribution in [3.8, 4) is 0 Å². The molecule has 7 N–H and O–H groups in total. The molecule has 9 nitrogen and oxygen atoms in total. The fraction of sp³-hybridized carbons (Fsp3) is 0.625.